The normalized spacial score (nSPS) is 10.8. The first-order chi connectivity index (χ1) is 9.67. The van der Waals surface area contributed by atoms with Gasteiger partial charge in [0.25, 0.3) is 5.56 Å². The molecular weight excluding hydrogens is 274 g/mol. The Labute approximate surface area is 123 Å². The number of aliphatic hydroxyl groups is 1. The topological polar surface area (TPSA) is 42.2 Å². The Morgan fingerprint density at radius 1 is 1.15 bits per heavy atom. The lowest BCUT2D eigenvalue weighted by molar-refractivity contribution is 0.279. The second-order valence-corrected chi connectivity index (χ2v) is 5.16. The Kier molecular flexibility index (Phi) is 4.99. The minimum absolute atomic E-state index is 0.117. The van der Waals surface area contributed by atoms with Gasteiger partial charge in [0.15, 0.2) is 0 Å². The van der Waals surface area contributed by atoms with Gasteiger partial charge in [-0.1, -0.05) is 37.1 Å². The molecule has 0 saturated heterocycles. The van der Waals surface area contributed by atoms with E-state index < -0.39 is 0 Å². The molecule has 4 heteroatoms. The van der Waals surface area contributed by atoms with Crippen molar-refractivity contribution in [3.8, 4) is 11.3 Å². The van der Waals surface area contributed by atoms with E-state index in [1.165, 1.54) is 0 Å². The largest absolute Gasteiger partial charge is 0.391 e. The van der Waals surface area contributed by atoms with Crippen LogP contribution in [0.1, 0.15) is 25.3 Å². The molecule has 0 spiro atoms. The molecule has 0 unspecified atom stereocenters. The van der Waals surface area contributed by atoms with Gasteiger partial charge < -0.3 is 9.67 Å². The van der Waals surface area contributed by atoms with Crippen molar-refractivity contribution in [1.82, 2.24) is 4.57 Å². The van der Waals surface area contributed by atoms with E-state index in [0.717, 1.165) is 24.1 Å². The van der Waals surface area contributed by atoms with Crippen LogP contribution in [0.3, 0.4) is 0 Å². The third-order valence-electron chi connectivity index (χ3n) is 3.30. The highest BCUT2D eigenvalue weighted by atomic mass is 35.5. The minimum Gasteiger partial charge on any atom is -0.391 e. The van der Waals surface area contributed by atoms with Crippen LogP contribution in [0, 0.1) is 0 Å². The van der Waals surface area contributed by atoms with Crippen LogP contribution < -0.4 is 5.56 Å². The zero-order chi connectivity index (χ0) is 14.5. The Morgan fingerprint density at radius 2 is 1.85 bits per heavy atom. The number of hydrogen-bond acceptors (Lipinski definition) is 2. The van der Waals surface area contributed by atoms with Gasteiger partial charge in [-0.15, -0.1) is 0 Å². The van der Waals surface area contributed by atoms with Crippen molar-refractivity contribution in [1.29, 1.82) is 0 Å². The number of unbranched alkanes of at least 4 members (excludes halogenated alkanes) is 1. The van der Waals surface area contributed by atoms with E-state index in [0.29, 0.717) is 17.1 Å². The van der Waals surface area contributed by atoms with Crippen LogP contribution >= 0.6 is 11.6 Å². The molecule has 1 aromatic heterocycles. The number of rotatable bonds is 5. The molecule has 1 aromatic carbocycles. The first-order valence-electron chi connectivity index (χ1n) is 6.77. The van der Waals surface area contributed by atoms with Crippen molar-refractivity contribution in [3.63, 3.8) is 0 Å². The Morgan fingerprint density at radius 3 is 2.45 bits per heavy atom. The molecule has 1 heterocycles. The molecule has 0 aliphatic rings. The summed E-state index contributed by atoms with van der Waals surface area (Å²) in [6.45, 7) is 2.51. The van der Waals surface area contributed by atoms with Crippen LogP contribution in [0.2, 0.25) is 5.02 Å². The summed E-state index contributed by atoms with van der Waals surface area (Å²) >= 11 is 5.90. The molecule has 0 amide bonds. The van der Waals surface area contributed by atoms with Crippen LogP contribution in [0.4, 0.5) is 0 Å². The molecule has 106 valence electrons. The number of aromatic nitrogens is 1. The predicted octanol–water partition coefficient (Wildman–Crippen LogP) is 3.46. The molecule has 0 saturated carbocycles. The van der Waals surface area contributed by atoms with E-state index in [1.54, 1.807) is 10.6 Å². The Balaban J connectivity index is 2.54. The zero-order valence-electron chi connectivity index (χ0n) is 11.5. The summed E-state index contributed by atoms with van der Waals surface area (Å²) in [6, 6.07) is 11.0. The molecule has 0 fully saturated rings. The number of aliphatic hydroxyl groups excluding tert-OH is 1. The van der Waals surface area contributed by atoms with Crippen LogP contribution in [0.25, 0.3) is 11.3 Å². The fourth-order valence-electron chi connectivity index (χ4n) is 2.15. The third kappa shape index (κ3) is 3.11. The van der Waals surface area contributed by atoms with Crippen molar-refractivity contribution in [3.05, 3.63) is 57.3 Å². The molecule has 0 atom stereocenters. The highest BCUT2D eigenvalue weighted by Crippen LogP contribution is 2.21. The van der Waals surface area contributed by atoms with Crippen LogP contribution in [0.15, 0.2) is 41.2 Å². The molecular formula is C16H18ClNO2. The smallest absolute Gasteiger partial charge is 0.256 e. The summed E-state index contributed by atoms with van der Waals surface area (Å²) in [5.41, 5.74) is 2.12. The molecule has 20 heavy (non-hydrogen) atoms. The van der Waals surface area contributed by atoms with Crippen molar-refractivity contribution < 1.29 is 5.11 Å². The average Bonchev–Trinajstić information content (AvgIpc) is 2.47. The van der Waals surface area contributed by atoms with Crippen LogP contribution in [-0.4, -0.2) is 9.67 Å². The molecule has 0 aliphatic heterocycles. The molecule has 2 rings (SSSR count). The molecule has 0 aliphatic carbocycles. The monoisotopic (exact) mass is 291 g/mol. The maximum absolute atomic E-state index is 12.3. The molecule has 0 bridgehead atoms. The van der Waals surface area contributed by atoms with Gasteiger partial charge in [-0.25, -0.2) is 0 Å². The average molecular weight is 292 g/mol. The number of nitrogens with zero attached hydrogens (tertiary/aromatic N) is 1. The highest BCUT2D eigenvalue weighted by Gasteiger charge is 2.09. The second-order valence-electron chi connectivity index (χ2n) is 4.72. The van der Waals surface area contributed by atoms with Crippen molar-refractivity contribution >= 4 is 11.6 Å². The van der Waals surface area contributed by atoms with Gasteiger partial charge in [-0.3, -0.25) is 4.79 Å². The molecule has 1 N–H and O–H groups in total. The lowest BCUT2D eigenvalue weighted by Gasteiger charge is -2.14. The lowest BCUT2D eigenvalue weighted by atomic mass is 10.1. The van der Waals surface area contributed by atoms with Gasteiger partial charge in [0.2, 0.25) is 0 Å². The number of hydrogen-bond donors (Lipinski definition) is 1. The summed E-state index contributed by atoms with van der Waals surface area (Å²) in [7, 11) is 0. The SMILES string of the molecule is CCCCn1c(-c2ccc(Cl)cc2)ccc(CO)c1=O. The fourth-order valence-corrected chi connectivity index (χ4v) is 2.28. The van der Waals surface area contributed by atoms with Gasteiger partial charge >= 0.3 is 0 Å². The number of halogens is 1. The minimum atomic E-state index is -0.230. The first-order valence-corrected chi connectivity index (χ1v) is 7.14. The van der Waals surface area contributed by atoms with Crippen molar-refractivity contribution in [2.24, 2.45) is 0 Å². The standard InChI is InChI=1S/C16H18ClNO2/c1-2-3-10-18-15(9-6-13(11-19)16(18)20)12-4-7-14(17)8-5-12/h4-9,19H,2-3,10-11H2,1H3. The number of benzene rings is 1. The second kappa shape index (κ2) is 6.73. The maximum Gasteiger partial charge on any atom is 0.256 e. The third-order valence-corrected chi connectivity index (χ3v) is 3.55. The lowest BCUT2D eigenvalue weighted by Crippen LogP contribution is -2.25. The summed E-state index contributed by atoms with van der Waals surface area (Å²) in [4.78, 5) is 12.3. The molecule has 2 aromatic rings. The Bertz CT molecular complexity index is 632. The van der Waals surface area contributed by atoms with E-state index in [2.05, 4.69) is 6.92 Å². The van der Waals surface area contributed by atoms with Gasteiger partial charge in [0, 0.05) is 17.1 Å². The van der Waals surface area contributed by atoms with Gasteiger partial charge in [-0.2, -0.15) is 0 Å². The first kappa shape index (κ1) is 14.8. The van der Waals surface area contributed by atoms with Gasteiger partial charge in [0.05, 0.1) is 12.3 Å². The fraction of sp³-hybridized carbons (Fsp3) is 0.312. The molecule has 3 nitrogen and oxygen atoms in total. The summed E-state index contributed by atoms with van der Waals surface area (Å²) in [5.74, 6) is 0. The highest BCUT2D eigenvalue weighted by molar-refractivity contribution is 6.30. The number of pyridine rings is 1. The van der Waals surface area contributed by atoms with Crippen LogP contribution in [-0.2, 0) is 13.2 Å². The van der Waals surface area contributed by atoms with E-state index >= 15 is 0 Å². The zero-order valence-corrected chi connectivity index (χ0v) is 12.2. The maximum atomic E-state index is 12.3. The van der Waals surface area contributed by atoms with E-state index in [1.807, 2.05) is 30.3 Å². The predicted molar refractivity (Wildman–Crippen MR) is 82.0 cm³/mol. The van der Waals surface area contributed by atoms with E-state index in [9.17, 15) is 9.90 Å². The summed E-state index contributed by atoms with van der Waals surface area (Å²) in [6.07, 6.45) is 1.94. The summed E-state index contributed by atoms with van der Waals surface area (Å²) < 4.78 is 1.73. The van der Waals surface area contributed by atoms with E-state index in [4.69, 9.17) is 11.6 Å². The van der Waals surface area contributed by atoms with Gasteiger partial charge in [0.1, 0.15) is 0 Å². The Hall–Kier alpha value is -1.58. The van der Waals surface area contributed by atoms with Crippen molar-refractivity contribution in [2.75, 3.05) is 0 Å². The van der Waals surface area contributed by atoms with Crippen molar-refractivity contribution in [2.45, 2.75) is 32.9 Å². The molecule has 0 radical (unpaired) electrons. The summed E-state index contributed by atoms with van der Waals surface area (Å²) in [5, 5.41) is 9.90. The van der Waals surface area contributed by atoms with Crippen LogP contribution in [0.5, 0.6) is 0 Å². The van der Waals surface area contributed by atoms with Gasteiger partial charge in [-0.05, 0) is 36.2 Å². The van der Waals surface area contributed by atoms with E-state index in [-0.39, 0.29) is 12.2 Å². The quantitative estimate of drug-likeness (QED) is 0.916.